The number of nitrogens with one attached hydrogen (secondary N) is 2. The molecule has 0 aromatic carbocycles. The number of pyridine rings is 3. The second kappa shape index (κ2) is 8.48. The van der Waals surface area contributed by atoms with Crippen LogP contribution in [-0.4, -0.2) is 26.4 Å². The van der Waals surface area contributed by atoms with Crippen LogP contribution in [0.2, 0.25) is 0 Å². The highest BCUT2D eigenvalue weighted by molar-refractivity contribution is 6.01. The van der Waals surface area contributed by atoms with Crippen molar-refractivity contribution in [3.8, 4) is 0 Å². The molecule has 0 aliphatic heterocycles. The van der Waals surface area contributed by atoms with Gasteiger partial charge in [-0.3, -0.25) is 10.9 Å². The van der Waals surface area contributed by atoms with Gasteiger partial charge in [-0.25, -0.2) is 15.0 Å². The van der Waals surface area contributed by atoms with Crippen molar-refractivity contribution in [2.45, 2.75) is 13.8 Å². The first-order chi connectivity index (χ1) is 12.7. The van der Waals surface area contributed by atoms with E-state index in [-0.39, 0.29) is 0 Å². The lowest BCUT2D eigenvalue weighted by molar-refractivity contribution is 1.18. The van der Waals surface area contributed by atoms with Crippen molar-refractivity contribution >= 4 is 23.1 Å². The van der Waals surface area contributed by atoms with Crippen LogP contribution in [0.1, 0.15) is 25.2 Å². The Morgan fingerprint density at radius 2 is 1.19 bits per heavy atom. The monoisotopic (exact) mass is 345 g/mol. The molecule has 7 nitrogen and oxygen atoms in total. The van der Waals surface area contributed by atoms with Crippen LogP contribution < -0.4 is 10.9 Å². The van der Waals surface area contributed by atoms with Gasteiger partial charge in [0, 0.05) is 12.4 Å². The summed E-state index contributed by atoms with van der Waals surface area (Å²) in [5, 5.41) is 8.67. The average molecular weight is 345 g/mol. The van der Waals surface area contributed by atoms with E-state index >= 15 is 0 Å². The van der Waals surface area contributed by atoms with E-state index in [0.717, 1.165) is 22.8 Å². The van der Waals surface area contributed by atoms with Gasteiger partial charge in [-0.15, -0.1) is 0 Å². The summed E-state index contributed by atoms with van der Waals surface area (Å²) in [5.41, 5.74) is 8.88. The molecule has 0 radical (unpaired) electrons. The normalized spacial score (nSPS) is 11.9. The summed E-state index contributed by atoms with van der Waals surface area (Å²) in [5.74, 6) is 1.36. The van der Waals surface area contributed by atoms with Crippen LogP contribution in [0.15, 0.2) is 77.2 Å². The molecule has 3 rings (SSSR count). The van der Waals surface area contributed by atoms with Gasteiger partial charge in [0.25, 0.3) is 0 Å². The zero-order valence-electron chi connectivity index (χ0n) is 14.6. The number of hydrogen-bond donors (Lipinski definition) is 2. The van der Waals surface area contributed by atoms with Crippen LogP contribution in [0.3, 0.4) is 0 Å². The van der Waals surface area contributed by atoms with Crippen LogP contribution in [0.5, 0.6) is 0 Å². The minimum atomic E-state index is 0.681. The first-order valence-electron chi connectivity index (χ1n) is 8.13. The Kier molecular flexibility index (Phi) is 5.61. The lowest BCUT2D eigenvalue weighted by Gasteiger charge is -2.06. The van der Waals surface area contributed by atoms with Gasteiger partial charge in [-0.1, -0.05) is 18.2 Å². The molecule has 0 aliphatic rings. The van der Waals surface area contributed by atoms with Crippen LogP contribution >= 0.6 is 0 Å². The standard InChI is InChI=1S/C19H19N7/c1-14(23-25-18-10-3-5-12-20-18)16-8-7-9-17(22-16)15(2)24-26-19-11-4-6-13-21-19/h3-13H,1-2H3,(H,20,25)(H,21,26)/b23-14+,24-15+. The third-order valence-electron chi connectivity index (χ3n) is 3.50. The Balaban J connectivity index is 1.72. The molecule has 0 bridgehead atoms. The summed E-state index contributed by atoms with van der Waals surface area (Å²) in [6, 6.07) is 16.9. The fourth-order valence-corrected chi connectivity index (χ4v) is 2.09. The van der Waals surface area contributed by atoms with E-state index in [4.69, 9.17) is 0 Å². The van der Waals surface area contributed by atoms with Crippen molar-refractivity contribution in [3.05, 3.63) is 78.4 Å². The lowest BCUT2D eigenvalue weighted by Crippen LogP contribution is -2.08. The Morgan fingerprint density at radius 3 is 1.62 bits per heavy atom. The molecule has 3 heterocycles. The topological polar surface area (TPSA) is 87.5 Å². The lowest BCUT2D eigenvalue weighted by atomic mass is 10.2. The van der Waals surface area contributed by atoms with Crippen LogP contribution in [-0.2, 0) is 0 Å². The van der Waals surface area contributed by atoms with Crippen LogP contribution in [0, 0.1) is 0 Å². The first-order valence-corrected chi connectivity index (χ1v) is 8.13. The molecule has 0 aliphatic carbocycles. The van der Waals surface area contributed by atoms with E-state index in [1.54, 1.807) is 12.4 Å². The number of hydrogen-bond acceptors (Lipinski definition) is 7. The van der Waals surface area contributed by atoms with Gasteiger partial charge in [-0.2, -0.15) is 10.2 Å². The number of nitrogens with zero attached hydrogens (tertiary/aromatic N) is 5. The summed E-state index contributed by atoms with van der Waals surface area (Å²) in [7, 11) is 0. The summed E-state index contributed by atoms with van der Waals surface area (Å²) < 4.78 is 0. The maximum absolute atomic E-state index is 4.61. The van der Waals surface area contributed by atoms with Crippen LogP contribution in [0.4, 0.5) is 11.6 Å². The molecule has 3 aromatic heterocycles. The molecule has 0 fully saturated rings. The molecule has 0 saturated carbocycles. The highest BCUT2D eigenvalue weighted by Gasteiger charge is 2.04. The minimum Gasteiger partial charge on any atom is -0.261 e. The van der Waals surface area contributed by atoms with Gasteiger partial charge < -0.3 is 0 Å². The largest absolute Gasteiger partial charge is 0.261 e. The second-order valence-corrected chi connectivity index (χ2v) is 5.46. The molecule has 2 N–H and O–H groups in total. The summed E-state index contributed by atoms with van der Waals surface area (Å²) in [6.45, 7) is 3.78. The molecule has 0 atom stereocenters. The van der Waals surface area contributed by atoms with Gasteiger partial charge in [-0.05, 0) is 50.2 Å². The average Bonchev–Trinajstić information content (AvgIpc) is 2.72. The number of hydrazone groups is 2. The van der Waals surface area contributed by atoms with Crippen molar-refractivity contribution in [1.82, 2.24) is 15.0 Å². The predicted octanol–water partition coefficient (Wildman–Crippen LogP) is 3.54. The van der Waals surface area contributed by atoms with E-state index in [1.807, 2.05) is 68.4 Å². The molecule has 26 heavy (non-hydrogen) atoms. The SMILES string of the molecule is C/C(=N\Nc1ccccn1)c1cccc(/C(C)=N/Nc2ccccn2)n1. The zero-order chi connectivity index (χ0) is 18.2. The molecule has 0 saturated heterocycles. The molecule has 7 heteroatoms. The molecule has 0 unspecified atom stereocenters. The Bertz CT molecular complexity index is 833. The molecule has 0 amide bonds. The smallest absolute Gasteiger partial charge is 0.146 e. The second-order valence-electron chi connectivity index (χ2n) is 5.46. The first kappa shape index (κ1) is 17.2. The quantitative estimate of drug-likeness (QED) is 0.527. The molecular formula is C19H19N7. The fraction of sp³-hybridized carbons (Fsp3) is 0.105. The Morgan fingerprint density at radius 1 is 0.692 bits per heavy atom. The number of rotatable bonds is 6. The highest BCUT2D eigenvalue weighted by atomic mass is 15.3. The fourth-order valence-electron chi connectivity index (χ4n) is 2.09. The Labute approximate surface area is 151 Å². The molecule has 0 spiro atoms. The third-order valence-corrected chi connectivity index (χ3v) is 3.50. The summed E-state index contributed by atoms with van der Waals surface area (Å²) >= 11 is 0. The van der Waals surface area contributed by atoms with Gasteiger partial charge in [0.15, 0.2) is 0 Å². The highest BCUT2D eigenvalue weighted by Crippen LogP contribution is 2.06. The van der Waals surface area contributed by atoms with E-state index in [9.17, 15) is 0 Å². The zero-order valence-corrected chi connectivity index (χ0v) is 14.6. The van der Waals surface area contributed by atoms with Gasteiger partial charge in [0.05, 0.1) is 22.8 Å². The predicted molar refractivity (Wildman–Crippen MR) is 104 cm³/mol. The summed E-state index contributed by atoms with van der Waals surface area (Å²) in [6.07, 6.45) is 3.42. The number of anilines is 2. The van der Waals surface area contributed by atoms with E-state index in [0.29, 0.717) is 11.6 Å². The van der Waals surface area contributed by atoms with E-state index < -0.39 is 0 Å². The minimum absolute atomic E-state index is 0.681. The van der Waals surface area contributed by atoms with Gasteiger partial charge >= 0.3 is 0 Å². The van der Waals surface area contributed by atoms with Crippen LogP contribution in [0.25, 0.3) is 0 Å². The van der Waals surface area contributed by atoms with Crippen molar-refractivity contribution < 1.29 is 0 Å². The van der Waals surface area contributed by atoms with E-state index in [1.165, 1.54) is 0 Å². The van der Waals surface area contributed by atoms with Gasteiger partial charge in [0.2, 0.25) is 0 Å². The number of aromatic nitrogens is 3. The molecule has 130 valence electrons. The van der Waals surface area contributed by atoms with Gasteiger partial charge in [0.1, 0.15) is 11.6 Å². The maximum Gasteiger partial charge on any atom is 0.146 e. The van der Waals surface area contributed by atoms with E-state index in [2.05, 4.69) is 36.0 Å². The Hall–Kier alpha value is -3.61. The van der Waals surface area contributed by atoms with Crippen molar-refractivity contribution in [1.29, 1.82) is 0 Å². The molecule has 3 aromatic rings. The summed E-state index contributed by atoms with van der Waals surface area (Å²) in [4.78, 5) is 13.0. The van der Waals surface area contributed by atoms with Crippen molar-refractivity contribution in [3.63, 3.8) is 0 Å². The maximum atomic E-state index is 4.61. The van der Waals surface area contributed by atoms with Crippen molar-refractivity contribution in [2.75, 3.05) is 10.9 Å². The van der Waals surface area contributed by atoms with Crippen molar-refractivity contribution in [2.24, 2.45) is 10.2 Å². The molecular weight excluding hydrogens is 326 g/mol. The third kappa shape index (κ3) is 4.70.